The maximum Gasteiger partial charge on any atom is 0.236 e. The predicted octanol–water partition coefficient (Wildman–Crippen LogP) is 3.90. The average molecular weight is 382 g/mol. The van der Waals surface area contributed by atoms with Crippen LogP contribution in [0.2, 0.25) is 0 Å². The molecule has 5 rings (SSSR count). The zero-order valence-corrected chi connectivity index (χ0v) is 16.0. The number of benzene rings is 3. The van der Waals surface area contributed by atoms with Crippen molar-refractivity contribution in [3.05, 3.63) is 90.8 Å². The van der Waals surface area contributed by atoms with Crippen molar-refractivity contribution in [2.75, 3.05) is 18.4 Å². The van der Waals surface area contributed by atoms with E-state index < -0.39 is 5.41 Å². The Labute approximate surface area is 169 Å². The molecule has 2 heterocycles. The summed E-state index contributed by atoms with van der Waals surface area (Å²) in [5.41, 5.74) is 4.36. The SMILES string of the molecule is O=C(Nc1ccc(-n2cnc3ccccc32)cc1)C1(c2ccccc2)CCNC1. The van der Waals surface area contributed by atoms with Crippen LogP contribution in [0.25, 0.3) is 16.7 Å². The van der Waals surface area contributed by atoms with E-state index in [0.717, 1.165) is 40.9 Å². The molecule has 0 aliphatic carbocycles. The molecule has 1 saturated heterocycles. The van der Waals surface area contributed by atoms with E-state index >= 15 is 0 Å². The fraction of sp³-hybridized carbons (Fsp3) is 0.167. The monoisotopic (exact) mass is 382 g/mol. The maximum atomic E-state index is 13.3. The normalized spacial score (nSPS) is 18.8. The topological polar surface area (TPSA) is 59.0 Å². The lowest BCUT2D eigenvalue weighted by Gasteiger charge is -2.27. The molecule has 3 aromatic carbocycles. The van der Waals surface area contributed by atoms with Crippen LogP contribution < -0.4 is 10.6 Å². The minimum absolute atomic E-state index is 0.0366. The Morgan fingerprint density at radius 3 is 2.48 bits per heavy atom. The van der Waals surface area contributed by atoms with Gasteiger partial charge in [0.2, 0.25) is 5.91 Å². The van der Waals surface area contributed by atoms with Crippen LogP contribution in [0.4, 0.5) is 5.69 Å². The highest BCUT2D eigenvalue weighted by molar-refractivity contribution is 5.99. The van der Waals surface area contributed by atoms with Crippen molar-refractivity contribution in [3.8, 4) is 5.69 Å². The Morgan fingerprint density at radius 1 is 0.966 bits per heavy atom. The average Bonchev–Trinajstić information content (AvgIpc) is 3.43. The summed E-state index contributed by atoms with van der Waals surface area (Å²) < 4.78 is 2.05. The number of rotatable bonds is 4. The molecule has 29 heavy (non-hydrogen) atoms. The predicted molar refractivity (Wildman–Crippen MR) is 115 cm³/mol. The number of imidazole rings is 1. The number of nitrogens with zero attached hydrogens (tertiary/aromatic N) is 2. The molecule has 1 amide bonds. The van der Waals surface area contributed by atoms with Crippen LogP contribution in [0.1, 0.15) is 12.0 Å². The Hall–Kier alpha value is -3.44. The standard InChI is InChI=1S/C24H22N4O/c29-23(24(14-15-25-16-24)18-6-2-1-3-7-18)27-19-10-12-20(13-11-19)28-17-26-21-8-4-5-9-22(21)28/h1-13,17,25H,14-16H2,(H,27,29). The van der Waals surface area contributed by atoms with Crippen molar-refractivity contribution in [3.63, 3.8) is 0 Å². The van der Waals surface area contributed by atoms with Crippen LogP contribution >= 0.6 is 0 Å². The quantitative estimate of drug-likeness (QED) is 0.563. The van der Waals surface area contributed by atoms with Gasteiger partial charge in [0, 0.05) is 17.9 Å². The molecule has 0 bridgehead atoms. The van der Waals surface area contributed by atoms with E-state index in [9.17, 15) is 4.79 Å². The van der Waals surface area contributed by atoms with Gasteiger partial charge in [0.25, 0.3) is 0 Å². The summed E-state index contributed by atoms with van der Waals surface area (Å²) in [4.78, 5) is 17.7. The Morgan fingerprint density at radius 2 is 1.72 bits per heavy atom. The molecule has 4 aromatic rings. The van der Waals surface area contributed by atoms with Crippen molar-refractivity contribution in [1.82, 2.24) is 14.9 Å². The number of nitrogens with one attached hydrogen (secondary N) is 2. The van der Waals surface area contributed by atoms with E-state index in [2.05, 4.69) is 21.7 Å². The first kappa shape index (κ1) is 17.6. The van der Waals surface area contributed by atoms with Gasteiger partial charge in [0.05, 0.1) is 16.4 Å². The number of anilines is 1. The number of carbonyl (C=O) groups excluding carboxylic acids is 1. The molecule has 0 saturated carbocycles. The molecular weight excluding hydrogens is 360 g/mol. The van der Waals surface area contributed by atoms with Gasteiger partial charge in [-0.05, 0) is 54.9 Å². The first-order valence-corrected chi connectivity index (χ1v) is 9.86. The summed E-state index contributed by atoms with van der Waals surface area (Å²) in [5.74, 6) is 0.0366. The molecule has 144 valence electrons. The van der Waals surface area contributed by atoms with Gasteiger partial charge in [-0.3, -0.25) is 9.36 Å². The third kappa shape index (κ3) is 3.09. The van der Waals surface area contributed by atoms with E-state index in [1.807, 2.05) is 83.7 Å². The minimum atomic E-state index is -0.527. The molecule has 2 N–H and O–H groups in total. The Kier molecular flexibility index (Phi) is 4.37. The first-order chi connectivity index (χ1) is 14.3. The molecule has 0 radical (unpaired) electrons. The lowest BCUT2D eigenvalue weighted by atomic mass is 9.78. The maximum absolute atomic E-state index is 13.3. The lowest BCUT2D eigenvalue weighted by Crippen LogP contribution is -2.42. The highest BCUT2D eigenvalue weighted by atomic mass is 16.2. The van der Waals surface area contributed by atoms with E-state index in [0.29, 0.717) is 6.54 Å². The molecule has 1 aliphatic heterocycles. The van der Waals surface area contributed by atoms with Gasteiger partial charge in [-0.15, -0.1) is 0 Å². The van der Waals surface area contributed by atoms with Crippen molar-refractivity contribution in [2.24, 2.45) is 0 Å². The Balaban J connectivity index is 1.40. The molecule has 1 aromatic heterocycles. The van der Waals surface area contributed by atoms with E-state index in [1.165, 1.54) is 0 Å². The number of hydrogen-bond donors (Lipinski definition) is 2. The van der Waals surface area contributed by atoms with Gasteiger partial charge < -0.3 is 10.6 Å². The minimum Gasteiger partial charge on any atom is -0.325 e. The van der Waals surface area contributed by atoms with Crippen LogP contribution in [0, 0.1) is 0 Å². The van der Waals surface area contributed by atoms with Gasteiger partial charge in [-0.2, -0.15) is 0 Å². The van der Waals surface area contributed by atoms with Crippen molar-refractivity contribution in [1.29, 1.82) is 0 Å². The number of aromatic nitrogens is 2. The number of amides is 1. The summed E-state index contributed by atoms with van der Waals surface area (Å²) in [7, 11) is 0. The highest BCUT2D eigenvalue weighted by Gasteiger charge is 2.42. The van der Waals surface area contributed by atoms with E-state index in [-0.39, 0.29) is 5.91 Å². The number of carbonyl (C=O) groups is 1. The molecule has 1 fully saturated rings. The fourth-order valence-corrected chi connectivity index (χ4v) is 4.14. The van der Waals surface area contributed by atoms with Crippen molar-refractivity contribution in [2.45, 2.75) is 11.8 Å². The zero-order valence-electron chi connectivity index (χ0n) is 16.0. The lowest BCUT2D eigenvalue weighted by molar-refractivity contribution is -0.121. The highest BCUT2D eigenvalue weighted by Crippen LogP contribution is 2.32. The third-order valence-electron chi connectivity index (χ3n) is 5.77. The summed E-state index contributed by atoms with van der Waals surface area (Å²) in [5, 5.41) is 6.48. The number of fused-ring (bicyclic) bond motifs is 1. The van der Waals surface area contributed by atoms with Gasteiger partial charge in [-0.25, -0.2) is 4.98 Å². The van der Waals surface area contributed by atoms with Crippen LogP contribution in [0.3, 0.4) is 0 Å². The largest absolute Gasteiger partial charge is 0.325 e. The van der Waals surface area contributed by atoms with Gasteiger partial charge in [0.1, 0.15) is 6.33 Å². The van der Waals surface area contributed by atoms with Crippen LogP contribution in [-0.4, -0.2) is 28.5 Å². The summed E-state index contributed by atoms with van der Waals surface area (Å²) in [6, 6.07) is 26.0. The molecule has 5 nitrogen and oxygen atoms in total. The van der Waals surface area contributed by atoms with Gasteiger partial charge in [-0.1, -0.05) is 42.5 Å². The molecule has 0 spiro atoms. The van der Waals surface area contributed by atoms with E-state index in [4.69, 9.17) is 0 Å². The zero-order chi connectivity index (χ0) is 19.7. The third-order valence-corrected chi connectivity index (χ3v) is 5.77. The first-order valence-electron chi connectivity index (χ1n) is 9.86. The summed E-state index contributed by atoms with van der Waals surface area (Å²) >= 11 is 0. The molecule has 1 aliphatic rings. The van der Waals surface area contributed by atoms with Crippen molar-refractivity contribution >= 4 is 22.6 Å². The van der Waals surface area contributed by atoms with Crippen LogP contribution in [0.15, 0.2) is 85.2 Å². The molecule has 1 unspecified atom stereocenters. The second-order valence-electron chi connectivity index (χ2n) is 7.48. The van der Waals surface area contributed by atoms with Gasteiger partial charge >= 0.3 is 0 Å². The second kappa shape index (κ2) is 7.18. The van der Waals surface area contributed by atoms with Gasteiger partial charge in [0.15, 0.2) is 0 Å². The van der Waals surface area contributed by atoms with Crippen molar-refractivity contribution < 1.29 is 4.79 Å². The molecule has 5 heteroatoms. The summed E-state index contributed by atoms with van der Waals surface area (Å²) in [6.45, 7) is 1.50. The Bertz CT molecular complexity index is 1140. The smallest absolute Gasteiger partial charge is 0.236 e. The second-order valence-corrected chi connectivity index (χ2v) is 7.48. The number of para-hydroxylation sites is 2. The summed E-state index contributed by atoms with van der Waals surface area (Å²) in [6.07, 6.45) is 2.62. The molecular formula is C24H22N4O. The number of hydrogen-bond acceptors (Lipinski definition) is 3. The molecule has 1 atom stereocenters. The fourth-order valence-electron chi connectivity index (χ4n) is 4.14. The van der Waals surface area contributed by atoms with Crippen LogP contribution in [0.5, 0.6) is 0 Å². The van der Waals surface area contributed by atoms with Crippen LogP contribution in [-0.2, 0) is 10.2 Å². The van der Waals surface area contributed by atoms with E-state index in [1.54, 1.807) is 0 Å².